The van der Waals surface area contributed by atoms with E-state index in [1.807, 2.05) is 0 Å². The molecule has 0 heterocycles. The lowest BCUT2D eigenvalue weighted by atomic mass is 10.2. The van der Waals surface area contributed by atoms with Crippen molar-refractivity contribution in [3.05, 3.63) is 53.6 Å². The zero-order valence-electron chi connectivity index (χ0n) is 15.6. The van der Waals surface area contributed by atoms with Gasteiger partial charge in [-0.05, 0) is 30.3 Å². The van der Waals surface area contributed by atoms with Gasteiger partial charge in [0.05, 0.1) is 20.4 Å². The molecule has 2 aromatic carbocycles. The van der Waals surface area contributed by atoms with Crippen LogP contribution in [-0.2, 0) is 0 Å². The molecule has 0 atom stereocenters. The molecule has 0 aliphatic rings. The van der Waals surface area contributed by atoms with E-state index < -0.39 is 12.0 Å². The summed E-state index contributed by atoms with van der Waals surface area (Å²) in [7, 11) is 6.18. The molecule has 8 nitrogen and oxygen atoms in total. The van der Waals surface area contributed by atoms with E-state index in [0.717, 1.165) is 0 Å². The predicted octanol–water partition coefficient (Wildman–Crippen LogP) is 2.53. The van der Waals surface area contributed by atoms with Gasteiger partial charge in [0.25, 0.3) is 5.91 Å². The molecule has 2 amide bonds. The third kappa shape index (κ3) is 5.21. The van der Waals surface area contributed by atoms with Crippen LogP contribution in [0.5, 0.6) is 17.2 Å². The van der Waals surface area contributed by atoms with Gasteiger partial charge in [0.15, 0.2) is 11.5 Å². The average Bonchev–Trinajstić information content (AvgIpc) is 2.68. The number of carbonyl (C=O) groups excluding carboxylic acids is 2. The summed E-state index contributed by atoms with van der Waals surface area (Å²) in [6.07, 6.45) is 0.891. The van der Waals surface area contributed by atoms with Crippen LogP contribution in [0.3, 0.4) is 0 Å². The second-order valence-electron chi connectivity index (χ2n) is 5.57. The van der Waals surface area contributed by atoms with E-state index in [1.165, 1.54) is 25.3 Å². The van der Waals surface area contributed by atoms with E-state index in [9.17, 15) is 9.59 Å². The molecule has 0 aliphatic carbocycles. The molecule has 1 N–H and O–H groups in total. The van der Waals surface area contributed by atoms with Crippen LogP contribution in [0.4, 0.5) is 4.79 Å². The first-order valence-electron chi connectivity index (χ1n) is 8.00. The Bertz CT molecular complexity index is 849. The zero-order valence-corrected chi connectivity index (χ0v) is 15.6. The third-order valence-corrected chi connectivity index (χ3v) is 3.50. The fourth-order valence-corrected chi connectivity index (χ4v) is 2.07. The summed E-state index contributed by atoms with van der Waals surface area (Å²) in [6.45, 7) is 0. The number of nitrogens with one attached hydrogen (secondary N) is 1. The molecule has 2 aromatic rings. The molecule has 0 aliphatic heterocycles. The monoisotopic (exact) mass is 371 g/mol. The Morgan fingerprint density at radius 3 is 2.37 bits per heavy atom. The van der Waals surface area contributed by atoms with Crippen molar-refractivity contribution in [3.63, 3.8) is 0 Å². The molecule has 0 fully saturated rings. The van der Waals surface area contributed by atoms with Gasteiger partial charge >= 0.3 is 6.09 Å². The van der Waals surface area contributed by atoms with Gasteiger partial charge in [-0.25, -0.2) is 10.2 Å². The minimum Gasteiger partial charge on any atom is -0.493 e. The van der Waals surface area contributed by atoms with Crippen LogP contribution >= 0.6 is 0 Å². The third-order valence-electron chi connectivity index (χ3n) is 3.50. The summed E-state index contributed by atoms with van der Waals surface area (Å²) in [5, 5.41) is 3.93. The topological polar surface area (TPSA) is 89.5 Å². The summed E-state index contributed by atoms with van der Waals surface area (Å²) in [5.41, 5.74) is 3.32. The Morgan fingerprint density at radius 1 is 1.00 bits per heavy atom. The molecular weight excluding hydrogens is 350 g/mol. The first-order chi connectivity index (χ1) is 13.0. The van der Waals surface area contributed by atoms with Gasteiger partial charge in [-0.1, -0.05) is 12.1 Å². The molecule has 0 bridgehead atoms. The van der Waals surface area contributed by atoms with E-state index in [1.54, 1.807) is 56.6 Å². The number of hydrogen-bond acceptors (Lipinski definition) is 6. The molecule has 2 rings (SSSR count). The Balaban J connectivity index is 2.09. The van der Waals surface area contributed by atoms with Crippen LogP contribution in [0, 0.1) is 0 Å². The van der Waals surface area contributed by atoms with Crippen LogP contribution in [0.25, 0.3) is 0 Å². The summed E-state index contributed by atoms with van der Waals surface area (Å²) >= 11 is 0. The molecular formula is C19H21N3O5. The Kier molecular flexibility index (Phi) is 6.76. The van der Waals surface area contributed by atoms with Crippen LogP contribution in [0.15, 0.2) is 47.6 Å². The van der Waals surface area contributed by atoms with Crippen LogP contribution in [-0.4, -0.2) is 51.4 Å². The second kappa shape index (κ2) is 9.23. The number of para-hydroxylation sites is 1. The summed E-state index contributed by atoms with van der Waals surface area (Å²) in [6, 6.07) is 11.6. The molecule has 0 saturated carbocycles. The first kappa shape index (κ1) is 19.8. The quantitative estimate of drug-likeness (QED) is 0.623. The summed E-state index contributed by atoms with van der Waals surface area (Å²) in [5.74, 6) is 0.875. The molecule has 27 heavy (non-hydrogen) atoms. The van der Waals surface area contributed by atoms with Crippen molar-refractivity contribution >= 4 is 18.2 Å². The number of nitrogens with zero attached hydrogens (tertiary/aromatic N) is 2. The second-order valence-corrected chi connectivity index (χ2v) is 5.57. The predicted molar refractivity (Wildman–Crippen MR) is 101 cm³/mol. The Morgan fingerprint density at radius 2 is 1.70 bits per heavy atom. The van der Waals surface area contributed by atoms with Crippen LogP contribution < -0.4 is 19.6 Å². The Hall–Kier alpha value is -3.55. The number of hydrazone groups is 1. The molecule has 0 unspecified atom stereocenters. The normalized spacial score (nSPS) is 10.4. The number of benzene rings is 2. The van der Waals surface area contributed by atoms with Gasteiger partial charge in [0, 0.05) is 25.2 Å². The van der Waals surface area contributed by atoms with Gasteiger partial charge in [0.1, 0.15) is 5.75 Å². The summed E-state index contributed by atoms with van der Waals surface area (Å²) in [4.78, 5) is 25.3. The first-order valence-corrected chi connectivity index (χ1v) is 8.00. The van der Waals surface area contributed by atoms with Crippen molar-refractivity contribution in [2.45, 2.75) is 0 Å². The Labute approximate surface area is 157 Å². The number of hydrogen-bond donors (Lipinski definition) is 1. The number of ether oxygens (including phenoxy) is 3. The molecule has 8 heteroatoms. The lowest BCUT2D eigenvalue weighted by molar-refractivity contribution is 0.0954. The van der Waals surface area contributed by atoms with E-state index in [0.29, 0.717) is 28.4 Å². The molecule has 0 aromatic heterocycles. The SMILES string of the molecule is COc1ccc(C(=O)N/N=C/c2ccccc2OC(=O)N(C)C)cc1OC. The van der Waals surface area contributed by atoms with Crippen LogP contribution in [0.2, 0.25) is 0 Å². The largest absolute Gasteiger partial charge is 0.493 e. The maximum Gasteiger partial charge on any atom is 0.414 e. The lowest BCUT2D eigenvalue weighted by Crippen LogP contribution is -2.25. The number of amides is 2. The number of carbonyl (C=O) groups is 2. The van der Waals surface area contributed by atoms with Gasteiger partial charge in [-0.15, -0.1) is 0 Å². The minimum absolute atomic E-state index is 0.334. The highest BCUT2D eigenvalue weighted by atomic mass is 16.6. The highest BCUT2D eigenvalue weighted by Crippen LogP contribution is 2.27. The standard InChI is InChI=1S/C19H21N3O5/c1-22(2)19(24)27-15-8-6-5-7-14(15)12-20-21-18(23)13-9-10-16(25-3)17(11-13)26-4/h5-12H,1-4H3,(H,21,23)/b20-12+. The number of rotatable bonds is 6. The van der Waals surface area contributed by atoms with Crippen LogP contribution in [0.1, 0.15) is 15.9 Å². The van der Waals surface area contributed by atoms with E-state index in [2.05, 4.69) is 10.5 Å². The average molecular weight is 371 g/mol. The zero-order chi connectivity index (χ0) is 19.8. The molecule has 0 spiro atoms. The van der Waals surface area contributed by atoms with Crippen molar-refractivity contribution in [2.75, 3.05) is 28.3 Å². The highest BCUT2D eigenvalue weighted by molar-refractivity contribution is 5.95. The number of methoxy groups -OCH3 is 2. The van der Waals surface area contributed by atoms with E-state index >= 15 is 0 Å². The molecule has 0 saturated heterocycles. The molecule has 0 radical (unpaired) electrons. The van der Waals surface area contributed by atoms with Gasteiger partial charge in [-0.3, -0.25) is 4.79 Å². The smallest absolute Gasteiger partial charge is 0.414 e. The van der Waals surface area contributed by atoms with Crippen molar-refractivity contribution in [2.24, 2.45) is 5.10 Å². The van der Waals surface area contributed by atoms with Crippen molar-refractivity contribution in [3.8, 4) is 17.2 Å². The fraction of sp³-hybridized carbons (Fsp3) is 0.211. The minimum atomic E-state index is -0.509. The van der Waals surface area contributed by atoms with E-state index in [-0.39, 0.29) is 0 Å². The summed E-state index contributed by atoms with van der Waals surface area (Å²) < 4.78 is 15.6. The lowest BCUT2D eigenvalue weighted by Gasteiger charge is -2.12. The van der Waals surface area contributed by atoms with Crippen molar-refractivity contribution < 1.29 is 23.8 Å². The van der Waals surface area contributed by atoms with Gasteiger partial charge < -0.3 is 19.1 Å². The van der Waals surface area contributed by atoms with Crippen molar-refractivity contribution in [1.82, 2.24) is 10.3 Å². The maximum atomic E-state index is 12.2. The highest BCUT2D eigenvalue weighted by Gasteiger charge is 2.11. The molecule has 142 valence electrons. The van der Waals surface area contributed by atoms with Gasteiger partial charge in [0.2, 0.25) is 0 Å². The van der Waals surface area contributed by atoms with Gasteiger partial charge in [-0.2, -0.15) is 5.10 Å². The van der Waals surface area contributed by atoms with Crippen molar-refractivity contribution in [1.29, 1.82) is 0 Å². The maximum absolute atomic E-state index is 12.2. The van der Waals surface area contributed by atoms with E-state index in [4.69, 9.17) is 14.2 Å². The fourth-order valence-electron chi connectivity index (χ4n) is 2.07.